The number of aryl methyl sites for hydroxylation is 1. The molecule has 1 saturated carbocycles. The second kappa shape index (κ2) is 5.63. The van der Waals surface area contributed by atoms with Crippen molar-refractivity contribution in [2.75, 3.05) is 0 Å². The van der Waals surface area contributed by atoms with E-state index in [1.165, 1.54) is 25.7 Å². The Morgan fingerprint density at radius 2 is 2.24 bits per heavy atom. The van der Waals surface area contributed by atoms with E-state index in [1.807, 2.05) is 4.68 Å². The van der Waals surface area contributed by atoms with Gasteiger partial charge in [0.2, 0.25) is 0 Å². The summed E-state index contributed by atoms with van der Waals surface area (Å²) >= 11 is 0. The van der Waals surface area contributed by atoms with Gasteiger partial charge in [0, 0.05) is 19.0 Å². The molecule has 1 aliphatic carbocycles. The fraction of sp³-hybridized carbons (Fsp3) is 0.846. The van der Waals surface area contributed by atoms with Crippen LogP contribution in [0.4, 0.5) is 0 Å². The lowest BCUT2D eigenvalue weighted by atomic mass is 9.76. The minimum Gasteiger partial charge on any atom is -0.327 e. The summed E-state index contributed by atoms with van der Waals surface area (Å²) in [5, 5.41) is 4.23. The van der Waals surface area contributed by atoms with Crippen LogP contribution in [0.3, 0.4) is 0 Å². The summed E-state index contributed by atoms with van der Waals surface area (Å²) in [6.45, 7) is 5.29. The van der Waals surface area contributed by atoms with Crippen LogP contribution < -0.4 is 5.73 Å². The molecule has 0 amide bonds. The Kier molecular flexibility index (Phi) is 4.15. The number of rotatable bonds is 4. The summed E-state index contributed by atoms with van der Waals surface area (Å²) in [6, 6.07) is 0.347. The van der Waals surface area contributed by atoms with E-state index in [1.54, 1.807) is 6.33 Å². The van der Waals surface area contributed by atoms with E-state index < -0.39 is 0 Å². The lowest BCUT2D eigenvalue weighted by Crippen LogP contribution is -2.37. The minimum atomic E-state index is 0.347. The molecule has 1 aromatic heterocycles. The Morgan fingerprint density at radius 3 is 2.94 bits per heavy atom. The highest BCUT2D eigenvalue weighted by Gasteiger charge is 2.28. The molecule has 1 heterocycles. The van der Waals surface area contributed by atoms with Gasteiger partial charge in [0.25, 0.3) is 0 Å². The standard InChI is InChI=1S/C13H24N4/c1-3-10-5-6-12(14)11(7-10)8-13-15-9-16-17(13)4-2/h9-12H,3-8,14H2,1-2H3. The molecule has 0 bridgehead atoms. The van der Waals surface area contributed by atoms with Gasteiger partial charge in [-0.15, -0.1) is 0 Å². The molecule has 0 radical (unpaired) electrons. The summed E-state index contributed by atoms with van der Waals surface area (Å²) in [5.74, 6) is 2.55. The average molecular weight is 236 g/mol. The Labute approximate surface area is 104 Å². The van der Waals surface area contributed by atoms with Gasteiger partial charge in [-0.05, 0) is 38.0 Å². The minimum absolute atomic E-state index is 0.347. The van der Waals surface area contributed by atoms with E-state index in [9.17, 15) is 0 Å². The van der Waals surface area contributed by atoms with Crippen LogP contribution in [-0.4, -0.2) is 20.8 Å². The molecule has 1 fully saturated rings. The van der Waals surface area contributed by atoms with Crippen molar-refractivity contribution < 1.29 is 0 Å². The summed E-state index contributed by atoms with van der Waals surface area (Å²) in [5.41, 5.74) is 6.25. The molecular formula is C13H24N4. The van der Waals surface area contributed by atoms with Gasteiger partial charge in [0.15, 0.2) is 0 Å². The predicted octanol–water partition coefficient (Wildman–Crippen LogP) is 1.99. The van der Waals surface area contributed by atoms with Crippen molar-refractivity contribution in [2.45, 2.75) is 58.5 Å². The number of aromatic nitrogens is 3. The zero-order valence-corrected chi connectivity index (χ0v) is 11.0. The first-order valence-electron chi connectivity index (χ1n) is 6.86. The highest BCUT2D eigenvalue weighted by atomic mass is 15.3. The van der Waals surface area contributed by atoms with Crippen molar-refractivity contribution in [1.82, 2.24) is 14.8 Å². The van der Waals surface area contributed by atoms with Crippen LogP contribution in [0.1, 0.15) is 45.4 Å². The highest BCUT2D eigenvalue weighted by Crippen LogP contribution is 2.32. The molecule has 1 aromatic rings. The predicted molar refractivity (Wildman–Crippen MR) is 68.5 cm³/mol. The van der Waals surface area contributed by atoms with Crippen LogP contribution in [-0.2, 0) is 13.0 Å². The fourth-order valence-electron chi connectivity index (χ4n) is 2.93. The Hall–Kier alpha value is -0.900. The molecule has 0 aliphatic heterocycles. The van der Waals surface area contributed by atoms with Gasteiger partial charge in [-0.25, -0.2) is 4.98 Å². The normalized spacial score (nSPS) is 29.5. The van der Waals surface area contributed by atoms with E-state index in [0.29, 0.717) is 12.0 Å². The molecular weight excluding hydrogens is 212 g/mol. The molecule has 0 spiro atoms. The van der Waals surface area contributed by atoms with Crippen molar-refractivity contribution in [3.05, 3.63) is 12.2 Å². The zero-order valence-electron chi connectivity index (χ0n) is 11.0. The summed E-state index contributed by atoms with van der Waals surface area (Å²) in [6.07, 6.45) is 7.66. The molecule has 3 unspecified atom stereocenters. The molecule has 0 aromatic carbocycles. The van der Waals surface area contributed by atoms with Crippen molar-refractivity contribution in [3.8, 4) is 0 Å². The first-order valence-corrected chi connectivity index (χ1v) is 6.86. The summed E-state index contributed by atoms with van der Waals surface area (Å²) in [4.78, 5) is 4.36. The molecule has 2 N–H and O–H groups in total. The first-order chi connectivity index (χ1) is 8.24. The maximum atomic E-state index is 6.25. The molecule has 96 valence electrons. The van der Waals surface area contributed by atoms with Gasteiger partial charge in [-0.3, -0.25) is 4.68 Å². The third-order valence-electron chi connectivity index (χ3n) is 4.17. The monoisotopic (exact) mass is 236 g/mol. The maximum Gasteiger partial charge on any atom is 0.138 e. The molecule has 4 heteroatoms. The largest absolute Gasteiger partial charge is 0.327 e. The molecule has 1 aliphatic rings. The second-order valence-corrected chi connectivity index (χ2v) is 5.21. The summed E-state index contributed by atoms with van der Waals surface area (Å²) < 4.78 is 1.99. The molecule has 0 saturated heterocycles. The first kappa shape index (κ1) is 12.6. The van der Waals surface area contributed by atoms with Crippen LogP contribution in [0.2, 0.25) is 0 Å². The number of nitrogens with zero attached hydrogens (tertiary/aromatic N) is 3. The van der Waals surface area contributed by atoms with E-state index in [2.05, 4.69) is 23.9 Å². The van der Waals surface area contributed by atoms with Crippen LogP contribution in [0.15, 0.2) is 6.33 Å². The topological polar surface area (TPSA) is 56.7 Å². The van der Waals surface area contributed by atoms with E-state index >= 15 is 0 Å². The summed E-state index contributed by atoms with van der Waals surface area (Å²) in [7, 11) is 0. The van der Waals surface area contributed by atoms with Crippen molar-refractivity contribution >= 4 is 0 Å². The third kappa shape index (κ3) is 2.86. The van der Waals surface area contributed by atoms with Gasteiger partial charge in [-0.1, -0.05) is 13.3 Å². The van der Waals surface area contributed by atoms with Gasteiger partial charge in [0.1, 0.15) is 12.2 Å². The van der Waals surface area contributed by atoms with Gasteiger partial charge in [0.05, 0.1) is 0 Å². The molecule has 17 heavy (non-hydrogen) atoms. The Balaban J connectivity index is 2.01. The van der Waals surface area contributed by atoms with Crippen LogP contribution in [0, 0.1) is 11.8 Å². The van der Waals surface area contributed by atoms with Crippen LogP contribution in [0.25, 0.3) is 0 Å². The van der Waals surface area contributed by atoms with Crippen molar-refractivity contribution in [2.24, 2.45) is 17.6 Å². The second-order valence-electron chi connectivity index (χ2n) is 5.21. The Morgan fingerprint density at radius 1 is 1.41 bits per heavy atom. The third-order valence-corrected chi connectivity index (χ3v) is 4.17. The SMILES string of the molecule is CCC1CCC(N)C(Cc2ncnn2CC)C1. The van der Waals surface area contributed by atoms with Gasteiger partial charge < -0.3 is 5.73 Å². The van der Waals surface area contributed by atoms with Crippen molar-refractivity contribution in [3.63, 3.8) is 0 Å². The van der Waals surface area contributed by atoms with Crippen LogP contribution in [0.5, 0.6) is 0 Å². The Bertz CT molecular complexity index is 347. The molecule has 3 atom stereocenters. The van der Waals surface area contributed by atoms with E-state index in [-0.39, 0.29) is 0 Å². The maximum absolute atomic E-state index is 6.25. The quantitative estimate of drug-likeness (QED) is 0.870. The van der Waals surface area contributed by atoms with Gasteiger partial charge >= 0.3 is 0 Å². The number of hydrogen-bond donors (Lipinski definition) is 1. The smallest absolute Gasteiger partial charge is 0.138 e. The lowest BCUT2D eigenvalue weighted by molar-refractivity contribution is 0.223. The fourth-order valence-corrected chi connectivity index (χ4v) is 2.93. The van der Waals surface area contributed by atoms with E-state index in [4.69, 9.17) is 5.73 Å². The van der Waals surface area contributed by atoms with Gasteiger partial charge in [-0.2, -0.15) is 5.10 Å². The lowest BCUT2D eigenvalue weighted by Gasteiger charge is -2.33. The number of nitrogens with two attached hydrogens (primary N) is 1. The van der Waals surface area contributed by atoms with E-state index in [0.717, 1.165) is 24.7 Å². The van der Waals surface area contributed by atoms with Crippen molar-refractivity contribution in [1.29, 1.82) is 0 Å². The zero-order chi connectivity index (χ0) is 12.3. The van der Waals surface area contributed by atoms with Crippen LogP contribution >= 0.6 is 0 Å². The molecule has 4 nitrogen and oxygen atoms in total. The highest BCUT2D eigenvalue weighted by molar-refractivity contribution is 4.93. The number of hydrogen-bond acceptors (Lipinski definition) is 3. The average Bonchev–Trinajstić information content (AvgIpc) is 2.79. The molecule has 2 rings (SSSR count).